The molecule has 2 aromatic heterocycles. The lowest BCUT2D eigenvalue weighted by Gasteiger charge is -2.22. The molecular weight excluding hydrogens is 284 g/mol. The molecular formula is C15H16N4O3. The van der Waals surface area contributed by atoms with Gasteiger partial charge in [0.2, 0.25) is 0 Å². The van der Waals surface area contributed by atoms with Gasteiger partial charge in [0.25, 0.3) is 5.56 Å². The summed E-state index contributed by atoms with van der Waals surface area (Å²) < 4.78 is 7.75. The fourth-order valence-corrected chi connectivity index (χ4v) is 3.01. The van der Waals surface area contributed by atoms with Crippen molar-refractivity contribution >= 4 is 5.82 Å². The summed E-state index contributed by atoms with van der Waals surface area (Å²) in [6.45, 7) is 1.28. The van der Waals surface area contributed by atoms with E-state index in [1.54, 1.807) is 13.3 Å². The van der Waals surface area contributed by atoms with Gasteiger partial charge in [-0.3, -0.25) is 13.9 Å². The molecule has 0 N–H and O–H groups in total. The van der Waals surface area contributed by atoms with Crippen LogP contribution in [-0.4, -0.2) is 22.2 Å². The summed E-state index contributed by atoms with van der Waals surface area (Å²) in [5.74, 6) is 1.47. The molecule has 114 valence electrons. The van der Waals surface area contributed by atoms with Gasteiger partial charge in [0.05, 0.1) is 6.26 Å². The third kappa shape index (κ3) is 2.04. The van der Waals surface area contributed by atoms with Gasteiger partial charge < -0.3 is 9.32 Å². The third-order valence-corrected chi connectivity index (χ3v) is 4.18. The molecule has 7 heteroatoms. The fourth-order valence-electron chi connectivity index (χ4n) is 3.01. The van der Waals surface area contributed by atoms with Crippen LogP contribution < -0.4 is 16.1 Å². The lowest BCUT2D eigenvalue weighted by Crippen LogP contribution is -2.42. The predicted octanol–water partition coefficient (Wildman–Crippen LogP) is 0.543. The lowest BCUT2D eigenvalue weighted by atomic mass is 10.1. The number of aromatic nitrogens is 2. The van der Waals surface area contributed by atoms with Crippen LogP contribution in [0, 0.1) is 11.3 Å². The monoisotopic (exact) mass is 300 g/mol. The van der Waals surface area contributed by atoms with Gasteiger partial charge in [0.15, 0.2) is 5.56 Å². The second-order valence-corrected chi connectivity index (χ2v) is 5.46. The number of rotatable bonds is 2. The first-order chi connectivity index (χ1) is 10.5. The van der Waals surface area contributed by atoms with E-state index in [-0.39, 0.29) is 11.5 Å². The van der Waals surface area contributed by atoms with Crippen molar-refractivity contribution in [3.63, 3.8) is 0 Å². The predicted molar refractivity (Wildman–Crippen MR) is 79.9 cm³/mol. The third-order valence-electron chi connectivity index (χ3n) is 4.18. The van der Waals surface area contributed by atoms with E-state index < -0.39 is 11.2 Å². The van der Waals surface area contributed by atoms with E-state index in [0.29, 0.717) is 18.9 Å². The van der Waals surface area contributed by atoms with Crippen LogP contribution in [-0.2, 0) is 14.1 Å². The quantitative estimate of drug-likeness (QED) is 0.808. The summed E-state index contributed by atoms with van der Waals surface area (Å²) in [4.78, 5) is 26.2. The fraction of sp³-hybridized carbons (Fsp3) is 0.400. The zero-order valence-corrected chi connectivity index (χ0v) is 12.4. The van der Waals surface area contributed by atoms with E-state index >= 15 is 0 Å². The van der Waals surface area contributed by atoms with E-state index in [2.05, 4.69) is 0 Å². The number of anilines is 1. The Bertz CT molecular complexity index is 855. The molecule has 1 saturated heterocycles. The van der Waals surface area contributed by atoms with Crippen LogP contribution >= 0.6 is 0 Å². The van der Waals surface area contributed by atoms with Crippen molar-refractivity contribution in [1.82, 2.24) is 9.13 Å². The first-order valence-electron chi connectivity index (χ1n) is 7.03. The van der Waals surface area contributed by atoms with Crippen LogP contribution in [0.5, 0.6) is 0 Å². The summed E-state index contributed by atoms with van der Waals surface area (Å²) in [7, 11) is 2.96. The number of nitriles is 1. The zero-order chi connectivity index (χ0) is 15.9. The minimum atomic E-state index is -0.554. The van der Waals surface area contributed by atoms with Gasteiger partial charge in [-0.1, -0.05) is 0 Å². The molecule has 0 amide bonds. The smallest absolute Gasteiger partial charge is 0.332 e. The maximum Gasteiger partial charge on any atom is 0.332 e. The molecule has 2 aromatic rings. The molecule has 0 radical (unpaired) electrons. The van der Waals surface area contributed by atoms with Gasteiger partial charge in [0.1, 0.15) is 17.6 Å². The highest BCUT2D eigenvalue weighted by Gasteiger charge is 2.30. The van der Waals surface area contributed by atoms with Crippen molar-refractivity contribution in [3.05, 3.63) is 50.6 Å². The molecule has 0 aromatic carbocycles. The Morgan fingerprint density at radius 2 is 2.09 bits per heavy atom. The van der Waals surface area contributed by atoms with Gasteiger partial charge in [-0.05, 0) is 18.6 Å². The van der Waals surface area contributed by atoms with Crippen LogP contribution in [0.4, 0.5) is 5.82 Å². The average molecular weight is 300 g/mol. The van der Waals surface area contributed by atoms with E-state index in [0.717, 1.165) is 16.7 Å². The van der Waals surface area contributed by atoms with E-state index in [4.69, 9.17) is 4.42 Å². The van der Waals surface area contributed by atoms with Gasteiger partial charge in [-0.2, -0.15) is 5.26 Å². The molecule has 0 bridgehead atoms. The van der Waals surface area contributed by atoms with Crippen molar-refractivity contribution in [2.24, 2.45) is 14.1 Å². The maximum atomic E-state index is 12.1. The summed E-state index contributed by atoms with van der Waals surface area (Å²) in [6, 6.07) is 5.70. The summed E-state index contributed by atoms with van der Waals surface area (Å²) in [6.07, 6.45) is 2.48. The molecule has 22 heavy (non-hydrogen) atoms. The molecule has 1 aliphatic rings. The molecule has 1 atom stereocenters. The van der Waals surface area contributed by atoms with Crippen LogP contribution in [0.15, 0.2) is 32.4 Å². The molecule has 7 nitrogen and oxygen atoms in total. The molecule has 1 fully saturated rings. The Labute approximate surface area is 126 Å². The molecule has 0 saturated carbocycles. The number of nitrogens with zero attached hydrogens (tertiary/aromatic N) is 4. The van der Waals surface area contributed by atoms with Crippen LogP contribution in [0.1, 0.15) is 23.7 Å². The highest BCUT2D eigenvalue weighted by atomic mass is 16.3. The second kappa shape index (κ2) is 5.22. The highest BCUT2D eigenvalue weighted by molar-refractivity contribution is 5.54. The molecule has 1 unspecified atom stereocenters. The van der Waals surface area contributed by atoms with Crippen LogP contribution in [0.25, 0.3) is 0 Å². The number of hydrogen-bond acceptors (Lipinski definition) is 5. The normalized spacial score (nSPS) is 17.7. The molecule has 3 heterocycles. The second-order valence-electron chi connectivity index (χ2n) is 5.46. The Hall–Kier alpha value is -2.75. The lowest BCUT2D eigenvalue weighted by molar-refractivity contribution is 0.475. The number of furan rings is 1. The van der Waals surface area contributed by atoms with Gasteiger partial charge in [-0.25, -0.2) is 4.79 Å². The van der Waals surface area contributed by atoms with E-state index in [1.165, 1.54) is 11.6 Å². The van der Waals surface area contributed by atoms with Crippen LogP contribution in [0.3, 0.4) is 0 Å². The molecule has 1 aliphatic heterocycles. The Morgan fingerprint density at radius 1 is 1.32 bits per heavy atom. The van der Waals surface area contributed by atoms with Gasteiger partial charge in [-0.15, -0.1) is 0 Å². The van der Waals surface area contributed by atoms with Gasteiger partial charge >= 0.3 is 5.69 Å². The Morgan fingerprint density at radius 3 is 2.73 bits per heavy atom. The highest BCUT2D eigenvalue weighted by Crippen LogP contribution is 2.31. The summed E-state index contributed by atoms with van der Waals surface area (Å²) in [5.41, 5.74) is -0.979. The summed E-state index contributed by atoms with van der Waals surface area (Å²) in [5, 5.41) is 9.33. The van der Waals surface area contributed by atoms with Crippen molar-refractivity contribution in [2.75, 3.05) is 18.0 Å². The maximum absolute atomic E-state index is 12.1. The zero-order valence-electron chi connectivity index (χ0n) is 12.4. The van der Waals surface area contributed by atoms with Gasteiger partial charge in [0, 0.05) is 33.1 Å². The minimum absolute atomic E-state index is 0.00435. The number of hydrogen-bond donors (Lipinski definition) is 0. The molecule has 0 spiro atoms. The Kier molecular flexibility index (Phi) is 3.37. The molecule has 0 aliphatic carbocycles. The first kappa shape index (κ1) is 14.2. The summed E-state index contributed by atoms with van der Waals surface area (Å²) >= 11 is 0. The van der Waals surface area contributed by atoms with E-state index in [9.17, 15) is 14.9 Å². The molecule has 3 rings (SSSR count). The van der Waals surface area contributed by atoms with Crippen molar-refractivity contribution < 1.29 is 4.42 Å². The minimum Gasteiger partial charge on any atom is -0.469 e. The largest absolute Gasteiger partial charge is 0.469 e. The first-order valence-corrected chi connectivity index (χ1v) is 7.03. The Balaban J connectivity index is 2.05. The average Bonchev–Trinajstić information content (AvgIpc) is 3.18. The SMILES string of the molecule is Cn1c(N2CCC(c3ccco3)C2)c(C#N)c(=O)n(C)c1=O. The van der Waals surface area contributed by atoms with Crippen molar-refractivity contribution in [2.45, 2.75) is 12.3 Å². The van der Waals surface area contributed by atoms with Crippen molar-refractivity contribution in [3.8, 4) is 6.07 Å². The van der Waals surface area contributed by atoms with Crippen molar-refractivity contribution in [1.29, 1.82) is 5.26 Å². The van der Waals surface area contributed by atoms with E-state index in [1.807, 2.05) is 23.1 Å². The van der Waals surface area contributed by atoms with Crippen LogP contribution in [0.2, 0.25) is 0 Å². The standard InChI is InChI=1S/C15H16N4O3/c1-17-13(11(8-16)14(20)18(2)15(17)21)19-6-5-10(9-19)12-4-3-7-22-12/h3-4,7,10H,5-6,9H2,1-2H3. The topological polar surface area (TPSA) is 84.2 Å².